The molecule has 1 aromatic rings. The second kappa shape index (κ2) is 21.5. The fraction of sp³-hybridized carbons (Fsp3) is 0.906. The molecule has 0 amide bonds. The number of hydrogen-bond acceptors (Lipinski definition) is 1. The van der Waals surface area contributed by atoms with Crippen LogP contribution in [0.3, 0.4) is 0 Å². The third-order valence-electron chi connectivity index (χ3n) is 7.60. The Labute approximate surface area is 215 Å². The Morgan fingerprint density at radius 1 is 0.588 bits per heavy atom. The molecule has 0 N–H and O–H groups in total. The van der Waals surface area contributed by atoms with Gasteiger partial charge in [-0.3, -0.25) is 0 Å². The zero-order chi connectivity index (χ0) is 24.9. The van der Waals surface area contributed by atoms with Crippen molar-refractivity contribution in [3.8, 4) is 0 Å². The SMILES string of the molecule is CCCCCCCCCCCCCC(C)c1nc(C(C)C)cn1CCCCCCCCCCC. The van der Waals surface area contributed by atoms with Crippen molar-refractivity contribution in [1.29, 1.82) is 0 Å². The summed E-state index contributed by atoms with van der Waals surface area (Å²) in [6, 6.07) is 0. The van der Waals surface area contributed by atoms with Crippen LogP contribution in [0.4, 0.5) is 0 Å². The first-order valence-corrected chi connectivity index (χ1v) is 15.7. The van der Waals surface area contributed by atoms with Crippen LogP contribution in [0, 0.1) is 0 Å². The van der Waals surface area contributed by atoms with Crippen LogP contribution in [0.5, 0.6) is 0 Å². The van der Waals surface area contributed by atoms with Gasteiger partial charge in [0.1, 0.15) is 5.82 Å². The third kappa shape index (κ3) is 15.3. The number of unbranched alkanes of at least 4 members (excludes halogenated alkanes) is 18. The van der Waals surface area contributed by atoms with E-state index in [1.165, 1.54) is 146 Å². The first-order valence-electron chi connectivity index (χ1n) is 15.7. The Kier molecular flexibility index (Phi) is 19.7. The van der Waals surface area contributed by atoms with Crippen molar-refractivity contribution in [2.45, 2.75) is 188 Å². The van der Waals surface area contributed by atoms with E-state index in [-0.39, 0.29) is 0 Å². The molecule has 0 fully saturated rings. The minimum absolute atomic E-state index is 0.525. The average Bonchev–Trinajstić information content (AvgIpc) is 3.26. The molecule has 0 aliphatic rings. The minimum atomic E-state index is 0.525. The van der Waals surface area contributed by atoms with E-state index < -0.39 is 0 Å². The number of hydrogen-bond donors (Lipinski definition) is 0. The van der Waals surface area contributed by atoms with Gasteiger partial charge < -0.3 is 4.57 Å². The molecule has 1 aromatic heterocycles. The zero-order valence-corrected chi connectivity index (χ0v) is 24.2. The lowest BCUT2D eigenvalue weighted by atomic mass is 10.0. The molecule has 1 rings (SSSR count). The molecule has 0 spiro atoms. The molecule has 0 aliphatic heterocycles. The smallest absolute Gasteiger partial charge is 0.111 e. The number of imidazole rings is 1. The molecule has 2 heteroatoms. The van der Waals surface area contributed by atoms with Crippen molar-refractivity contribution in [2.24, 2.45) is 0 Å². The topological polar surface area (TPSA) is 17.8 Å². The van der Waals surface area contributed by atoms with Crippen LogP contribution in [-0.2, 0) is 6.54 Å². The van der Waals surface area contributed by atoms with E-state index in [9.17, 15) is 0 Å². The predicted molar refractivity (Wildman–Crippen MR) is 153 cm³/mol. The lowest BCUT2D eigenvalue weighted by Gasteiger charge is -2.14. The maximum Gasteiger partial charge on any atom is 0.111 e. The van der Waals surface area contributed by atoms with Crippen LogP contribution in [0.25, 0.3) is 0 Å². The molecule has 0 radical (unpaired) electrons. The minimum Gasteiger partial charge on any atom is -0.334 e. The van der Waals surface area contributed by atoms with Crippen LogP contribution in [0.2, 0.25) is 0 Å². The summed E-state index contributed by atoms with van der Waals surface area (Å²) in [5.74, 6) is 2.47. The number of aryl methyl sites for hydroxylation is 1. The van der Waals surface area contributed by atoms with E-state index >= 15 is 0 Å². The maximum absolute atomic E-state index is 5.10. The van der Waals surface area contributed by atoms with Crippen LogP contribution in [0.1, 0.15) is 193 Å². The Bertz CT molecular complexity index is 559. The van der Waals surface area contributed by atoms with Crippen molar-refractivity contribution in [3.05, 3.63) is 17.7 Å². The molecule has 0 aromatic carbocycles. The quantitative estimate of drug-likeness (QED) is 0.136. The second-order valence-electron chi connectivity index (χ2n) is 11.4. The highest BCUT2D eigenvalue weighted by Crippen LogP contribution is 2.25. The lowest BCUT2D eigenvalue weighted by molar-refractivity contribution is 0.496. The van der Waals surface area contributed by atoms with Crippen LogP contribution >= 0.6 is 0 Å². The predicted octanol–water partition coefficient (Wildman–Crippen LogP) is 11.3. The number of nitrogens with zero attached hydrogens (tertiary/aromatic N) is 2. The van der Waals surface area contributed by atoms with Gasteiger partial charge in [-0.25, -0.2) is 4.98 Å². The summed E-state index contributed by atoms with van der Waals surface area (Å²) in [5, 5.41) is 0. The highest BCUT2D eigenvalue weighted by Gasteiger charge is 2.16. The first kappa shape index (κ1) is 31.2. The summed E-state index contributed by atoms with van der Waals surface area (Å²) in [6.45, 7) is 12.7. The molecular formula is C32H62N2. The Hall–Kier alpha value is -0.790. The van der Waals surface area contributed by atoms with Gasteiger partial charge in [0.05, 0.1) is 5.69 Å². The van der Waals surface area contributed by atoms with Crippen molar-refractivity contribution in [1.82, 2.24) is 9.55 Å². The van der Waals surface area contributed by atoms with Gasteiger partial charge in [-0.05, 0) is 18.8 Å². The molecule has 1 atom stereocenters. The highest BCUT2D eigenvalue weighted by atomic mass is 15.1. The van der Waals surface area contributed by atoms with Gasteiger partial charge >= 0.3 is 0 Å². The number of rotatable bonds is 24. The largest absolute Gasteiger partial charge is 0.334 e. The van der Waals surface area contributed by atoms with E-state index in [4.69, 9.17) is 4.98 Å². The van der Waals surface area contributed by atoms with Gasteiger partial charge in [0.25, 0.3) is 0 Å². The van der Waals surface area contributed by atoms with Gasteiger partial charge in [0.2, 0.25) is 0 Å². The van der Waals surface area contributed by atoms with Crippen molar-refractivity contribution < 1.29 is 0 Å². The fourth-order valence-electron chi connectivity index (χ4n) is 5.14. The molecule has 200 valence electrons. The van der Waals surface area contributed by atoms with Crippen molar-refractivity contribution in [2.75, 3.05) is 0 Å². The van der Waals surface area contributed by atoms with Crippen molar-refractivity contribution >= 4 is 0 Å². The average molecular weight is 475 g/mol. The normalized spacial score (nSPS) is 12.6. The van der Waals surface area contributed by atoms with Gasteiger partial charge in [0, 0.05) is 18.7 Å². The monoisotopic (exact) mass is 474 g/mol. The molecular weight excluding hydrogens is 412 g/mol. The first-order chi connectivity index (χ1) is 16.6. The zero-order valence-electron chi connectivity index (χ0n) is 24.2. The maximum atomic E-state index is 5.10. The molecule has 2 nitrogen and oxygen atoms in total. The molecule has 1 heterocycles. The van der Waals surface area contributed by atoms with E-state index in [0.29, 0.717) is 11.8 Å². The van der Waals surface area contributed by atoms with Crippen LogP contribution < -0.4 is 0 Å². The van der Waals surface area contributed by atoms with Crippen LogP contribution in [-0.4, -0.2) is 9.55 Å². The lowest BCUT2D eigenvalue weighted by Crippen LogP contribution is -2.07. The van der Waals surface area contributed by atoms with Gasteiger partial charge in [0.15, 0.2) is 0 Å². The highest BCUT2D eigenvalue weighted by molar-refractivity contribution is 5.11. The summed E-state index contributed by atoms with van der Waals surface area (Å²) in [7, 11) is 0. The van der Waals surface area contributed by atoms with E-state index in [1.54, 1.807) is 0 Å². The Morgan fingerprint density at radius 3 is 1.44 bits per heavy atom. The second-order valence-corrected chi connectivity index (χ2v) is 11.4. The molecule has 0 saturated heterocycles. The van der Waals surface area contributed by atoms with E-state index in [1.807, 2.05) is 0 Å². The third-order valence-corrected chi connectivity index (χ3v) is 7.60. The fourth-order valence-corrected chi connectivity index (χ4v) is 5.14. The Morgan fingerprint density at radius 2 is 1.00 bits per heavy atom. The molecule has 0 bridgehead atoms. The standard InChI is InChI=1S/C32H62N2/c1-6-8-10-12-14-16-17-18-20-22-24-26-30(5)32-33-31(29(3)4)28-34(32)27-25-23-21-19-15-13-11-9-7-2/h28-30H,6-27H2,1-5H3. The van der Waals surface area contributed by atoms with Crippen LogP contribution in [0.15, 0.2) is 6.20 Å². The Balaban J connectivity index is 2.24. The van der Waals surface area contributed by atoms with E-state index in [0.717, 1.165) is 6.54 Å². The molecule has 0 aliphatic carbocycles. The van der Waals surface area contributed by atoms with Crippen molar-refractivity contribution in [3.63, 3.8) is 0 Å². The summed E-state index contributed by atoms with van der Waals surface area (Å²) in [6.07, 6.45) is 31.9. The summed E-state index contributed by atoms with van der Waals surface area (Å²) < 4.78 is 2.51. The number of aromatic nitrogens is 2. The molecule has 34 heavy (non-hydrogen) atoms. The summed E-state index contributed by atoms with van der Waals surface area (Å²) in [4.78, 5) is 5.10. The van der Waals surface area contributed by atoms with Gasteiger partial charge in [-0.2, -0.15) is 0 Å². The van der Waals surface area contributed by atoms with E-state index in [2.05, 4.69) is 45.4 Å². The molecule has 1 unspecified atom stereocenters. The summed E-state index contributed by atoms with van der Waals surface area (Å²) >= 11 is 0. The van der Waals surface area contributed by atoms with Gasteiger partial charge in [-0.15, -0.1) is 0 Å². The van der Waals surface area contributed by atoms with Gasteiger partial charge in [-0.1, -0.05) is 157 Å². The molecule has 0 saturated carbocycles. The summed E-state index contributed by atoms with van der Waals surface area (Å²) in [5.41, 5.74) is 1.29.